The van der Waals surface area contributed by atoms with Crippen LogP contribution < -0.4 is 18.9 Å². The number of rotatable bonds is 0. The van der Waals surface area contributed by atoms with Crippen LogP contribution in [-0.4, -0.2) is 35.4 Å². The quantitative estimate of drug-likeness (QED) is 0.290. The molecule has 0 bridgehead atoms. The van der Waals surface area contributed by atoms with Crippen LogP contribution in [0.1, 0.15) is 1.43 Å². The van der Waals surface area contributed by atoms with Gasteiger partial charge in [0.1, 0.15) is 6.61 Å². The predicted octanol–water partition coefficient (Wildman–Crippen LogP) is -3.00. The first-order chi connectivity index (χ1) is 4.56. The van der Waals surface area contributed by atoms with Gasteiger partial charge in [-0.15, -0.1) is 0 Å². The normalized spacial score (nSPS) is 10.8. The molecule has 10 heteroatoms. The number of alkyl halides is 3. The zero-order chi connectivity index (χ0) is 9.71. The van der Waals surface area contributed by atoms with E-state index in [1.165, 1.54) is 0 Å². The number of aliphatic hydroxyl groups excluding tert-OH is 1. The predicted molar refractivity (Wildman–Crippen MR) is 28.4 cm³/mol. The van der Waals surface area contributed by atoms with Gasteiger partial charge in [0.2, 0.25) is 0 Å². The Balaban J connectivity index is -0.0000000546. The molecule has 0 unspecified atom stereocenters. The second-order valence-corrected chi connectivity index (χ2v) is 2.12. The summed E-state index contributed by atoms with van der Waals surface area (Å²) in [5, 5.41) is 7.28. The van der Waals surface area contributed by atoms with Crippen LogP contribution in [0.4, 0.5) is 13.2 Å². The van der Waals surface area contributed by atoms with Crippen molar-refractivity contribution >= 4 is 10.4 Å². The van der Waals surface area contributed by atoms with Gasteiger partial charge in [-0.25, -0.2) is 0 Å². The SMILES string of the molecule is O=S(=O)(O)O.OCC(F)(F)F.[H-].[Li+]. The summed E-state index contributed by atoms with van der Waals surface area (Å²) in [6.07, 6.45) is -4.40. The van der Waals surface area contributed by atoms with Gasteiger partial charge in [0.05, 0.1) is 0 Å². The van der Waals surface area contributed by atoms with Crippen molar-refractivity contribution in [3.05, 3.63) is 0 Å². The van der Waals surface area contributed by atoms with E-state index < -0.39 is 23.2 Å². The molecule has 0 rings (SSSR count). The van der Waals surface area contributed by atoms with Crippen LogP contribution >= 0.6 is 0 Å². The fourth-order valence-corrected chi connectivity index (χ4v) is 0. The van der Waals surface area contributed by atoms with Gasteiger partial charge < -0.3 is 6.53 Å². The second-order valence-electron chi connectivity index (χ2n) is 1.22. The minimum atomic E-state index is -4.67. The van der Waals surface area contributed by atoms with E-state index in [1.54, 1.807) is 0 Å². The Morgan fingerprint density at radius 1 is 1.25 bits per heavy atom. The van der Waals surface area contributed by atoms with Crippen LogP contribution in [0.15, 0.2) is 0 Å². The van der Waals surface area contributed by atoms with Crippen LogP contribution in [0.2, 0.25) is 0 Å². The first kappa shape index (κ1) is 18.1. The van der Waals surface area contributed by atoms with Gasteiger partial charge in [-0.1, -0.05) is 0 Å². The zero-order valence-corrected chi connectivity index (χ0v) is 6.72. The molecule has 0 radical (unpaired) electrons. The Kier molecular flexibility index (Phi) is 10.1. The average molecular weight is 206 g/mol. The van der Waals surface area contributed by atoms with Crippen molar-refractivity contribution < 1.29 is 56.1 Å². The van der Waals surface area contributed by atoms with E-state index in [0.717, 1.165) is 0 Å². The van der Waals surface area contributed by atoms with Gasteiger partial charge >= 0.3 is 35.4 Å². The largest absolute Gasteiger partial charge is 1.00 e. The van der Waals surface area contributed by atoms with Crippen molar-refractivity contribution in [2.75, 3.05) is 6.61 Å². The maximum atomic E-state index is 10.5. The van der Waals surface area contributed by atoms with Gasteiger partial charge in [-0.05, 0) is 0 Å². The molecule has 72 valence electrons. The molecule has 0 spiro atoms. The smallest absolute Gasteiger partial charge is 1.00 e. The van der Waals surface area contributed by atoms with Gasteiger partial charge in [-0.3, -0.25) is 9.11 Å². The third kappa shape index (κ3) is 83.9. The zero-order valence-electron chi connectivity index (χ0n) is 6.91. The topological polar surface area (TPSA) is 94.8 Å². The number of hydrogen-bond donors (Lipinski definition) is 3. The summed E-state index contributed by atoms with van der Waals surface area (Å²) in [5.41, 5.74) is 0. The molecule has 0 saturated heterocycles. The Bertz CT molecular complexity index is 182. The molecule has 5 nitrogen and oxygen atoms in total. The van der Waals surface area contributed by atoms with Crippen molar-refractivity contribution in [3.8, 4) is 0 Å². The van der Waals surface area contributed by atoms with Crippen LogP contribution in [-0.2, 0) is 10.4 Å². The first-order valence-electron chi connectivity index (χ1n) is 1.94. The van der Waals surface area contributed by atoms with Gasteiger partial charge in [-0.2, -0.15) is 21.6 Å². The van der Waals surface area contributed by atoms with Crippen LogP contribution in [0.25, 0.3) is 0 Å². The molecule has 12 heavy (non-hydrogen) atoms. The second kappa shape index (κ2) is 6.70. The summed E-state index contributed by atoms with van der Waals surface area (Å²) in [6.45, 7) is -1.73. The summed E-state index contributed by atoms with van der Waals surface area (Å²) >= 11 is 0. The Morgan fingerprint density at radius 3 is 1.33 bits per heavy atom. The maximum absolute atomic E-state index is 10.5. The average Bonchev–Trinajstić information content (AvgIpc) is 1.59. The van der Waals surface area contributed by atoms with E-state index in [1.807, 2.05) is 0 Å². The Labute approximate surface area is 79.8 Å². The van der Waals surface area contributed by atoms with Crippen LogP contribution in [0.5, 0.6) is 0 Å². The molecule has 0 aromatic carbocycles. The van der Waals surface area contributed by atoms with Gasteiger partial charge in [0.25, 0.3) is 0 Å². The van der Waals surface area contributed by atoms with E-state index in [2.05, 4.69) is 0 Å². The Hall–Kier alpha value is 0.217. The van der Waals surface area contributed by atoms with E-state index in [-0.39, 0.29) is 20.3 Å². The standard InChI is InChI=1S/C2H3F3O.Li.H2O4S.H/c3-2(4,5)1-6;;1-5(2,3)4;/h6H,1H2;;(H2,1,2,3,4);/q;+1;;-1. The molecular formula is C2H6F3LiO5S. The summed E-state index contributed by atoms with van der Waals surface area (Å²) in [5.74, 6) is 0. The molecule has 0 aliphatic rings. The summed E-state index contributed by atoms with van der Waals surface area (Å²) in [7, 11) is -4.67. The van der Waals surface area contributed by atoms with Crippen LogP contribution in [0, 0.1) is 0 Å². The monoisotopic (exact) mass is 206 g/mol. The number of aliphatic hydroxyl groups is 1. The van der Waals surface area contributed by atoms with E-state index in [0.29, 0.717) is 0 Å². The molecule has 0 aromatic heterocycles. The van der Waals surface area contributed by atoms with Gasteiger partial charge in [0, 0.05) is 0 Å². The van der Waals surface area contributed by atoms with Crippen molar-refractivity contribution in [2.24, 2.45) is 0 Å². The van der Waals surface area contributed by atoms with E-state index in [9.17, 15) is 13.2 Å². The minimum Gasteiger partial charge on any atom is -1.00 e. The van der Waals surface area contributed by atoms with Crippen LogP contribution in [0.3, 0.4) is 0 Å². The number of hydrogen-bond acceptors (Lipinski definition) is 3. The molecular weight excluding hydrogens is 200 g/mol. The fraction of sp³-hybridized carbons (Fsp3) is 1.00. The van der Waals surface area contributed by atoms with E-state index in [4.69, 9.17) is 22.6 Å². The molecule has 0 saturated carbocycles. The number of halogens is 3. The fourth-order valence-electron chi connectivity index (χ4n) is 0. The third-order valence-electron chi connectivity index (χ3n) is 0.179. The van der Waals surface area contributed by atoms with Gasteiger partial charge in [0.15, 0.2) is 0 Å². The molecule has 0 amide bonds. The van der Waals surface area contributed by atoms with Crippen molar-refractivity contribution in [2.45, 2.75) is 6.18 Å². The maximum Gasteiger partial charge on any atom is 1.00 e. The minimum absolute atomic E-state index is 0. The van der Waals surface area contributed by atoms with Crippen molar-refractivity contribution in [1.82, 2.24) is 0 Å². The summed E-state index contributed by atoms with van der Waals surface area (Å²) in [6, 6.07) is 0. The molecule has 0 aromatic rings. The molecule has 3 N–H and O–H groups in total. The molecule has 0 aliphatic heterocycles. The van der Waals surface area contributed by atoms with E-state index >= 15 is 0 Å². The molecule has 0 atom stereocenters. The first-order valence-corrected chi connectivity index (χ1v) is 3.33. The van der Waals surface area contributed by atoms with Crippen molar-refractivity contribution in [3.63, 3.8) is 0 Å². The summed E-state index contributed by atoms with van der Waals surface area (Å²) in [4.78, 5) is 0. The van der Waals surface area contributed by atoms with Crippen molar-refractivity contribution in [1.29, 1.82) is 0 Å². The molecule has 0 fully saturated rings. The molecule has 0 aliphatic carbocycles. The third-order valence-corrected chi connectivity index (χ3v) is 0.179. The molecule has 0 heterocycles. The summed E-state index contributed by atoms with van der Waals surface area (Å²) < 4.78 is 63.2. The Morgan fingerprint density at radius 2 is 1.33 bits per heavy atom.